The lowest BCUT2D eigenvalue weighted by Crippen LogP contribution is -2.51. The fourth-order valence-electron chi connectivity index (χ4n) is 7.29. The molecule has 0 spiro atoms. The van der Waals surface area contributed by atoms with Gasteiger partial charge in [-0.1, -0.05) is 26.0 Å². The standard InChI is InChI=1S/C29H33N3O4S/c1-4-36-27(34)24-22-15-37-25(30-28(35)29-12-17-9-18(13-29)11-19(10-17)14-29)23(22)26(33)32(31-24)21-7-5-20(6-8-21)16(2)3/h5-8,15-19H,4,9-14H2,1-3H3,(H,30,35). The number of carbonyl (C=O) groups is 2. The smallest absolute Gasteiger partial charge is 0.359 e. The van der Waals surface area contributed by atoms with Gasteiger partial charge in [0.1, 0.15) is 5.00 Å². The highest BCUT2D eigenvalue weighted by atomic mass is 32.1. The quantitative estimate of drug-likeness (QED) is 0.410. The largest absolute Gasteiger partial charge is 0.461 e. The van der Waals surface area contributed by atoms with E-state index >= 15 is 0 Å². The topological polar surface area (TPSA) is 90.3 Å². The molecule has 194 valence electrons. The number of ether oxygens (including phenoxy) is 1. The molecule has 1 amide bonds. The van der Waals surface area contributed by atoms with E-state index in [0.29, 0.717) is 45.1 Å². The summed E-state index contributed by atoms with van der Waals surface area (Å²) in [7, 11) is 0. The van der Waals surface area contributed by atoms with Gasteiger partial charge in [0.15, 0.2) is 5.69 Å². The zero-order chi connectivity index (χ0) is 25.9. The van der Waals surface area contributed by atoms with E-state index in [1.54, 1.807) is 12.3 Å². The molecule has 0 unspecified atom stereocenters. The molecular formula is C29H33N3O4S. The van der Waals surface area contributed by atoms with Gasteiger partial charge in [0, 0.05) is 10.8 Å². The lowest BCUT2D eigenvalue weighted by atomic mass is 9.49. The summed E-state index contributed by atoms with van der Waals surface area (Å²) in [6, 6.07) is 7.60. The van der Waals surface area contributed by atoms with Crippen LogP contribution in [-0.2, 0) is 9.53 Å². The summed E-state index contributed by atoms with van der Waals surface area (Å²) in [6.07, 6.45) is 6.58. The summed E-state index contributed by atoms with van der Waals surface area (Å²) in [5, 5.41) is 10.5. The van der Waals surface area contributed by atoms with Gasteiger partial charge < -0.3 is 10.1 Å². The van der Waals surface area contributed by atoms with Crippen LogP contribution in [0.4, 0.5) is 5.00 Å². The first-order valence-electron chi connectivity index (χ1n) is 13.4. The first-order chi connectivity index (χ1) is 17.8. The highest BCUT2D eigenvalue weighted by Crippen LogP contribution is 2.60. The van der Waals surface area contributed by atoms with Crippen LogP contribution in [0.25, 0.3) is 16.5 Å². The molecule has 3 aromatic rings. The fourth-order valence-corrected chi connectivity index (χ4v) is 8.22. The zero-order valence-corrected chi connectivity index (χ0v) is 22.4. The van der Waals surface area contributed by atoms with Crippen molar-refractivity contribution in [1.82, 2.24) is 9.78 Å². The molecule has 7 nitrogen and oxygen atoms in total. The highest BCUT2D eigenvalue weighted by Gasteiger charge is 2.54. The molecule has 1 N–H and O–H groups in total. The number of esters is 1. The third-order valence-electron chi connectivity index (χ3n) is 8.67. The Morgan fingerprint density at radius 1 is 1.11 bits per heavy atom. The van der Waals surface area contributed by atoms with Gasteiger partial charge in [-0.2, -0.15) is 9.78 Å². The van der Waals surface area contributed by atoms with Gasteiger partial charge in [0.2, 0.25) is 5.91 Å². The van der Waals surface area contributed by atoms with Gasteiger partial charge in [-0.05, 0) is 86.8 Å². The van der Waals surface area contributed by atoms with Crippen LogP contribution in [0, 0.1) is 23.2 Å². The second kappa shape index (κ2) is 9.08. The van der Waals surface area contributed by atoms with Crippen LogP contribution in [0.2, 0.25) is 0 Å². The molecule has 0 radical (unpaired) electrons. The number of nitrogens with one attached hydrogen (secondary N) is 1. The Hall–Kier alpha value is -3.00. The van der Waals surface area contributed by atoms with E-state index in [1.807, 2.05) is 24.3 Å². The Morgan fingerprint density at radius 2 is 1.73 bits per heavy atom. The number of hydrogen-bond acceptors (Lipinski definition) is 6. The number of hydrogen-bond donors (Lipinski definition) is 1. The van der Waals surface area contributed by atoms with Crippen LogP contribution in [0.5, 0.6) is 0 Å². The number of benzene rings is 1. The molecule has 7 rings (SSSR count). The van der Waals surface area contributed by atoms with E-state index < -0.39 is 5.97 Å². The highest BCUT2D eigenvalue weighted by molar-refractivity contribution is 7.16. The molecule has 2 heterocycles. The molecule has 4 aliphatic carbocycles. The van der Waals surface area contributed by atoms with Crippen molar-refractivity contribution in [3.05, 3.63) is 51.3 Å². The molecule has 1 aromatic carbocycles. The molecule has 4 fully saturated rings. The van der Waals surface area contributed by atoms with Gasteiger partial charge in [-0.25, -0.2) is 4.79 Å². The van der Waals surface area contributed by atoms with Crippen molar-refractivity contribution >= 4 is 39.0 Å². The molecule has 0 aliphatic heterocycles. The predicted molar refractivity (Wildman–Crippen MR) is 144 cm³/mol. The minimum absolute atomic E-state index is 0.0251. The first kappa shape index (κ1) is 24.3. The monoisotopic (exact) mass is 519 g/mol. The Bertz CT molecular complexity index is 1400. The summed E-state index contributed by atoms with van der Waals surface area (Å²) in [6.45, 7) is 6.15. The van der Waals surface area contributed by atoms with Gasteiger partial charge >= 0.3 is 5.97 Å². The van der Waals surface area contributed by atoms with Crippen molar-refractivity contribution in [2.75, 3.05) is 11.9 Å². The molecule has 4 aliphatic rings. The average Bonchev–Trinajstić information content (AvgIpc) is 3.28. The second-order valence-corrected chi connectivity index (χ2v) is 12.4. The summed E-state index contributed by atoms with van der Waals surface area (Å²) in [5.74, 6) is 1.71. The van der Waals surface area contributed by atoms with Gasteiger partial charge in [0.05, 0.1) is 23.1 Å². The lowest BCUT2D eigenvalue weighted by Gasteiger charge is -2.55. The lowest BCUT2D eigenvalue weighted by molar-refractivity contribution is -0.140. The van der Waals surface area contributed by atoms with Crippen molar-refractivity contribution < 1.29 is 14.3 Å². The summed E-state index contributed by atoms with van der Waals surface area (Å²) in [4.78, 5) is 40.4. The van der Waals surface area contributed by atoms with Crippen LogP contribution in [-0.4, -0.2) is 28.3 Å². The number of aromatic nitrogens is 2. The van der Waals surface area contributed by atoms with Crippen molar-refractivity contribution in [2.45, 2.75) is 65.2 Å². The SMILES string of the molecule is CCOC(=O)c1nn(-c2ccc(C(C)C)cc2)c(=O)c2c(NC(=O)C34CC5CC(CC(C5)C3)C4)scc12. The van der Waals surface area contributed by atoms with Crippen LogP contribution >= 0.6 is 11.3 Å². The van der Waals surface area contributed by atoms with Crippen molar-refractivity contribution in [3.63, 3.8) is 0 Å². The molecule has 0 saturated heterocycles. The summed E-state index contributed by atoms with van der Waals surface area (Å²) < 4.78 is 6.53. The summed E-state index contributed by atoms with van der Waals surface area (Å²) in [5.41, 5.74) is 1.08. The number of anilines is 1. The normalized spacial score (nSPS) is 26.1. The number of rotatable bonds is 6. The first-order valence-corrected chi connectivity index (χ1v) is 14.3. The van der Waals surface area contributed by atoms with Crippen LogP contribution < -0.4 is 10.9 Å². The second-order valence-electron chi connectivity index (χ2n) is 11.5. The van der Waals surface area contributed by atoms with Crippen LogP contribution in [0.1, 0.15) is 81.3 Å². The maximum Gasteiger partial charge on any atom is 0.359 e. The Morgan fingerprint density at radius 3 is 2.30 bits per heavy atom. The van der Waals surface area contributed by atoms with E-state index in [1.165, 1.54) is 35.3 Å². The molecule has 0 atom stereocenters. The molecule has 4 bridgehead atoms. The minimum atomic E-state index is -0.586. The van der Waals surface area contributed by atoms with Gasteiger partial charge in [-0.3, -0.25) is 9.59 Å². The molecule has 8 heteroatoms. The molecular weight excluding hydrogens is 486 g/mol. The Balaban J connectivity index is 1.42. The van der Waals surface area contributed by atoms with Crippen LogP contribution in [0.15, 0.2) is 34.4 Å². The minimum Gasteiger partial charge on any atom is -0.461 e. The fraction of sp³-hybridized carbons (Fsp3) is 0.517. The van der Waals surface area contributed by atoms with Gasteiger partial charge in [-0.15, -0.1) is 11.3 Å². The Labute approximate surface area is 220 Å². The molecule has 2 aromatic heterocycles. The van der Waals surface area contributed by atoms with Crippen molar-refractivity contribution in [3.8, 4) is 5.69 Å². The maximum atomic E-state index is 13.8. The zero-order valence-electron chi connectivity index (χ0n) is 21.6. The Kier molecular flexibility index (Phi) is 5.97. The molecule has 37 heavy (non-hydrogen) atoms. The third kappa shape index (κ3) is 4.10. The number of thiophene rings is 1. The predicted octanol–water partition coefficient (Wildman–Crippen LogP) is 5.90. The van der Waals surface area contributed by atoms with Crippen molar-refractivity contribution in [2.24, 2.45) is 23.2 Å². The summed E-state index contributed by atoms with van der Waals surface area (Å²) >= 11 is 1.28. The number of fused-ring (bicyclic) bond motifs is 1. The van der Waals surface area contributed by atoms with Crippen LogP contribution in [0.3, 0.4) is 0 Å². The van der Waals surface area contributed by atoms with E-state index in [-0.39, 0.29) is 29.2 Å². The van der Waals surface area contributed by atoms with E-state index in [9.17, 15) is 14.4 Å². The third-order valence-corrected chi connectivity index (χ3v) is 9.57. The number of nitrogens with zero attached hydrogens (tertiary/aromatic N) is 2. The average molecular weight is 520 g/mol. The van der Waals surface area contributed by atoms with E-state index in [4.69, 9.17) is 4.74 Å². The van der Waals surface area contributed by atoms with Crippen molar-refractivity contribution in [1.29, 1.82) is 0 Å². The number of amides is 1. The molecule has 4 saturated carbocycles. The van der Waals surface area contributed by atoms with E-state index in [0.717, 1.165) is 24.8 Å². The number of carbonyl (C=O) groups excluding carboxylic acids is 2. The van der Waals surface area contributed by atoms with E-state index in [2.05, 4.69) is 24.3 Å². The van der Waals surface area contributed by atoms with Gasteiger partial charge in [0.25, 0.3) is 5.56 Å². The maximum absolute atomic E-state index is 13.8.